The molecule has 1 saturated heterocycles. The van der Waals surface area contributed by atoms with Gasteiger partial charge in [-0.1, -0.05) is 54.6 Å². The van der Waals surface area contributed by atoms with Crippen LogP contribution < -0.4 is 15.2 Å². The van der Waals surface area contributed by atoms with E-state index in [9.17, 15) is 10.2 Å². The molecule has 4 N–H and O–H groups in total. The molecule has 6 rings (SSSR count). The summed E-state index contributed by atoms with van der Waals surface area (Å²) in [5, 5.41) is 22.2. The van der Waals surface area contributed by atoms with Crippen molar-refractivity contribution in [3.8, 4) is 11.5 Å². The first-order valence-electron chi connectivity index (χ1n) is 13.4. The van der Waals surface area contributed by atoms with E-state index < -0.39 is 30.1 Å². The van der Waals surface area contributed by atoms with Gasteiger partial charge in [0.25, 0.3) is 0 Å². The van der Waals surface area contributed by atoms with Gasteiger partial charge in [-0.3, -0.25) is 4.57 Å². The summed E-state index contributed by atoms with van der Waals surface area (Å²) in [5.74, 6) is 1.61. The molecule has 1 aliphatic heterocycles. The molecule has 0 aliphatic carbocycles. The number of imidazole rings is 1. The molecule has 4 atom stereocenters. The normalized spacial score (nSPS) is 20.6. The number of methoxy groups -OCH3 is 2. The summed E-state index contributed by atoms with van der Waals surface area (Å²) in [5.41, 5.74) is 8.11. The van der Waals surface area contributed by atoms with Gasteiger partial charge < -0.3 is 34.9 Å². The number of aromatic nitrogens is 4. The highest BCUT2D eigenvalue weighted by Gasteiger charge is 2.47. The molecule has 1 aliphatic rings. The van der Waals surface area contributed by atoms with Crippen molar-refractivity contribution in [1.29, 1.82) is 0 Å². The Morgan fingerprint density at radius 1 is 0.810 bits per heavy atom. The third kappa shape index (κ3) is 4.72. The fourth-order valence-electron chi connectivity index (χ4n) is 5.43. The third-order valence-electron chi connectivity index (χ3n) is 7.64. The van der Waals surface area contributed by atoms with E-state index in [1.54, 1.807) is 18.8 Å². The molecule has 11 nitrogen and oxygen atoms in total. The van der Waals surface area contributed by atoms with Gasteiger partial charge in [0.1, 0.15) is 47.3 Å². The highest BCUT2D eigenvalue weighted by atomic mass is 16.6. The third-order valence-corrected chi connectivity index (χ3v) is 7.64. The van der Waals surface area contributed by atoms with Gasteiger partial charge in [-0.25, -0.2) is 15.0 Å². The zero-order valence-corrected chi connectivity index (χ0v) is 23.1. The predicted molar refractivity (Wildman–Crippen MR) is 154 cm³/mol. The molecule has 0 saturated carbocycles. The molecule has 0 unspecified atom stereocenters. The van der Waals surface area contributed by atoms with Crippen molar-refractivity contribution >= 4 is 17.0 Å². The van der Waals surface area contributed by atoms with Gasteiger partial charge in [0.05, 0.1) is 27.2 Å². The fourth-order valence-corrected chi connectivity index (χ4v) is 5.43. The molecule has 1 fully saturated rings. The second kappa shape index (κ2) is 11.4. The van der Waals surface area contributed by atoms with E-state index in [0.717, 1.165) is 16.7 Å². The van der Waals surface area contributed by atoms with Crippen molar-refractivity contribution < 1.29 is 29.2 Å². The Bertz CT molecular complexity index is 1600. The van der Waals surface area contributed by atoms with Gasteiger partial charge in [0.15, 0.2) is 17.7 Å². The minimum atomic E-state index is -1.28. The molecule has 42 heavy (non-hydrogen) atoms. The molecule has 5 aromatic rings. The number of hydrogen-bond donors (Lipinski definition) is 3. The molecular formula is C31H31N5O6. The highest BCUT2D eigenvalue weighted by molar-refractivity contribution is 5.81. The van der Waals surface area contributed by atoms with Gasteiger partial charge >= 0.3 is 0 Å². The first-order valence-corrected chi connectivity index (χ1v) is 13.4. The van der Waals surface area contributed by atoms with Crippen LogP contribution in [0.1, 0.15) is 22.9 Å². The van der Waals surface area contributed by atoms with E-state index in [4.69, 9.17) is 24.7 Å². The fraction of sp³-hybridized carbons (Fsp3) is 0.258. The monoisotopic (exact) mass is 569 g/mol. The van der Waals surface area contributed by atoms with Crippen molar-refractivity contribution in [3.05, 3.63) is 108 Å². The Morgan fingerprint density at radius 2 is 1.40 bits per heavy atom. The van der Waals surface area contributed by atoms with E-state index >= 15 is 0 Å². The van der Waals surface area contributed by atoms with Crippen LogP contribution in [0, 0.1) is 0 Å². The predicted octanol–water partition coefficient (Wildman–Crippen LogP) is 3.05. The molecule has 2 aromatic heterocycles. The maximum atomic E-state index is 11.1. The number of anilines is 1. The molecule has 3 aromatic carbocycles. The van der Waals surface area contributed by atoms with E-state index in [2.05, 4.69) is 15.0 Å². The number of hydrogen-bond acceptors (Lipinski definition) is 10. The Kier molecular flexibility index (Phi) is 7.48. The number of nitrogens with two attached hydrogens (primary N) is 1. The second-order valence-corrected chi connectivity index (χ2v) is 9.94. The van der Waals surface area contributed by atoms with Crippen LogP contribution in [0.15, 0.2) is 91.5 Å². The van der Waals surface area contributed by atoms with Crippen molar-refractivity contribution in [2.45, 2.75) is 30.1 Å². The number of benzene rings is 3. The van der Waals surface area contributed by atoms with Crippen molar-refractivity contribution in [3.63, 3.8) is 0 Å². The number of aliphatic hydroxyl groups is 2. The second-order valence-electron chi connectivity index (χ2n) is 9.94. The van der Waals surface area contributed by atoms with Crippen LogP contribution in [0.2, 0.25) is 0 Å². The minimum Gasteiger partial charge on any atom is -0.497 e. The molecular weight excluding hydrogens is 538 g/mol. The van der Waals surface area contributed by atoms with Crippen LogP contribution in [-0.2, 0) is 15.1 Å². The summed E-state index contributed by atoms with van der Waals surface area (Å²) in [4.78, 5) is 12.5. The van der Waals surface area contributed by atoms with E-state index in [1.165, 1.54) is 12.7 Å². The smallest absolute Gasteiger partial charge is 0.167 e. The van der Waals surface area contributed by atoms with Gasteiger partial charge in [-0.05, 0) is 41.0 Å². The van der Waals surface area contributed by atoms with Crippen LogP contribution in [-0.4, -0.2) is 68.9 Å². The first-order chi connectivity index (χ1) is 20.5. The molecule has 0 bridgehead atoms. The molecule has 216 valence electrons. The maximum absolute atomic E-state index is 11.1. The molecule has 0 spiro atoms. The molecule has 3 heterocycles. The lowest BCUT2D eigenvalue weighted by Crippen LogP contribution is -2.39. The molecule has 0 amide bonds. The van der Waals surface area contributed by atoms with E-state index in [1.807, 2.05) is 78.9 Å². The van der Waals surface area contributed by atoms with Gasteiger partial charge in [-0.15, -0.1) is 0 Å². The quantitative estimate of drug-likeness (QED) is 0.226. The number of nitrogen functional groups attached to an aromatic ring is 1. The van der Waals surface area contributed by atoms with Crippen LogP contribution in [0.4, 0.5) is 5.82 Å². The largest absolute Gasteiger partial charge is 0.497 e. The Labute approximate surface area is 242 Å². The zero-order valence-electron chi connectivity index (χ0n) is 23.1. The number of ether oxygens (including phenoxy) is 4. The topological polar surface area (TPSA) is 147 Å². The Balaban J connectivity index is 1.39. The lowest BCUT2D eigenvalue weighted by molar-refractivity contribution is -0.0942. The van der Waals surface area contributed by atoms with Crippen LogP contribution in [0.3, 0.4) is 0 Å². The molecule has 11 heteroatoms. The van der Waals surface area contributed by atoms with Crippen LogP contribution in [0.5, 0.6) is 11.5 Å². The lowest BCUT2D eigenvalue weighted by atomic mass is 9.80. The SMILES string of the molecule is COc1ccc(C(OC[C@H]2O[C@@H](n3cnc4c(N)ncnc43)[C@H](O)[C@@H]2O)(c2ccccc2)c2ccc(OC)cc2)cc1. The Morgan fingerprint density at radius 3 is 2.00 bits per heavy atom. The summed E-state index contributed by atoms with van der Waals surface area (Å²) in [6, 6.07) is 25.1. The summed E-state index contributed by atoms with van der Waals surface area (Å²) < 4.78 is 25.4. The number of nitrogens with zero attached hydrogens (tertiary/aromatic N) is 4. The highest BCUT2D eigenvalue weighted by Crippen LogP contribution is 2.43. The summed E-state index contributed by atoms with van der Waals surface area (Å²) in [6.07, 6.45) is -1.62. The standard InChI is InChI=1S/C31H31N5O6/c1-39-22-12-8-20(9-13-22)31(19-6-4-3-5-7-19,21-10-14-23(40-2)15-11-21)41-16-24-26(37)27(38)30(42-24)36-18-35-25-28(32)33-17-34-29(25)36/h3-15,17-18,24,26-27,30,37-38H,16H2,1-2H3,(H2,32,33,34)/t24-,26-,27-,30-/m1/s1. The van der Waals surface area contributed by atoms with Crippen molar-refractivity contribution in [2.75, 3.05) is 26.6 Å². The van der Waals surface area contributed by atoms with Gasteiger partial charge in [0.2, 0.25) is 0 Å². The van der Waals surface area contributed by atoms with Gasteiger partial charge in [0, 0.05) is 0 Å². The average molecular weight is 570 g/mol. The summed E-state index contributed by atoms with van der Waals surface area (Å²) in [7, 11) is 3.23. The lowest BCUT2D eigenvalue weighted by Gasteiger charge is -2.37. The maximum Gasteiger partial charge on any atom is 0.167 e. The van der Waals surface area contributed by atoms with Crippen molar-refractivity contribution in [2.24, 2.45) is 0 Å². The summed E-state index contributed by atoms with van der Waals surface area (Å²) >= 11 is 0. The van der Waals surface area contributed by atoms with E-state index in [-0.39, 0.29) is 12.4 Å². The Hall–Kier alpha value is -4.55. The van der Waals surface area contributed by atoms with Crippen LogP contribution >= 0.6 is 0 Å². The number of aliphatic hydroxyl groups excluding tert-OH is 2. The first kappa shape index (κ1) is 27.6. The van der Waals surface area contributed by atoms with Crippen LogP contribution in [0.25, 0.3) is 11.2 Å². The minimum absolute atomic E-state index is 0.0641. The van der Waals surface area contributed by atoms with Gasteiger partial charge in [-0.2, -0.15) is 0 Å². The van der Waals surface area contributed by atoms with Crippen molar-refractivity contribution in [1.82, 2.24) is 19.5 Å². The zero-order chi connectivity index (χ0) is 29.3. The summed E-state index contributed by atoms with van der Waals surface area (Å²) in [6.45, 7) is -0.0641. The average Bonchev–Trinajstić information content (AvgIpc) is 3.59. The molecule has 0 radical (unpaired) electrons. The number of rotatable bonds is 9. The van der Waals surface area contributed by atoms with E-state index in [0.29, 0.717) is 22.7 Å². The number of fused-ring (bicyclic) bond motifs is 1.